The number of nitrogens with one attached hydrogen (secondary N) is 2. The van der Waals surface area contributed by atoms with Gasteiger partial charge in [-0.25, -0.2) is 0 Å². The lowest BCUT2D eigenvalue weighted by molar-refractivity contribution is 0.0936. The first-order chi connectivity index (χ1) is 9.36. The summed E-state index contributed by atoms with van der Waals surface area (Å²) >= 11 is 0. The van der Waals surface area contributed by atoms with Crippen molar-refractivity contribution in [2.24, 2.45) is 17.8 Å². The predicted molar refractivity (Wildman–Crippen MR) is 86.2 cm³/mol. The van der Waals surface area contributed by atoms with Crippen molar-refractivity contribution in [3.63, 3.8) is 0 Å². The fraction of sp³-hybridized carbons (Fsp3) is 0.588. The topological polar surface area (TPSA) is 41.1 Å². The molecule has 0 unspecified atom stereocenters. The predicted octanol–water partition coefficient (Wildman–Crippen LogP) is 3.69. The maximum absolute atomic E-state index is 12.3. The number of rotatable bonds is 6. The maximum Gasteiger partial charge on any atom is 0.251 e. The molecular formula is C17H28N2O. The SMILES string of the molecule is CNc1ccc(C(=O)NCC(C(C)C)C(C)C)c(C)c1. The Balaban J connectivity index is 2.72. The van der Waals surface area contributed by atoms with Gasteiger partial charge in [0.15, 0.2) is 0 Å². The van der Waals surface area contributed by atoms with Gasteiger partial charge < -0.3 is 10.6 Å². The molecule has 0 aliphatic carbocycles. The normalized spacial score (nSPS) is 11.2. The van der Waals surface area contributed by atoms with Crippen LogP contribution in [-0.2, 0) is 0 Å². The first-order valence-corrected chi connectivity index (χ1v) is 7.43. The number of benzene rings is 1. The van der Waals surface area contributed by atoms with Crippen molar-refractivity contribution in [1.82, 2.24) is 5.32 Å². The smallest absolute Gasteiger partial charge is 0.251 e. The molecule has 1 rings (SSSR count). The summed E-state index contributed by atoms with van der Waals surface area (Å²) in [5.41, 5.74) is 2.79. The molecule has 0 fully saturated rings. The van der Waals surface area contributed by atoms with Gasteiger partial charge in [0, 0.05) is 24.8 Å². The summed E-state index contributed by atoms with van der Waals surface area (Å²) in [7, 11) is 1.88. The highest BCUT2D eigenvalue weighted by molar-refractivity contribution is 5.96. The molecule has 3 nitrogen and oxygen atoms in total. The van der Waals surface area contributed by atoms with E-state index >= 15 is 0 Å². The second-order valence-electron chi connectivity index (χ2n) is 6.14. The van der Waals surface area contributed by atoms with Crippen molar-refractivity contribution in [2.75, 3.05) is 18.9 Å². The van der Waals surface area contributed by atoms with Crippen molar-refractivity contribution in [3.8, 4) is 0 Å². The molecule has 0 aliphatic heterocycles. The van der Waals surface area contributed by atoms with E-state index in [-0.39, 0.29) is 5.91 Å². The molecule has 0 saturated heterocycles. The fourth-order valence-electron chi connectivity index (χ4n) is 2.62. The third-order valence-electron chi connectivity index (χ3n) is 3.97. The maximum atomic E-state index is 12.3. The molecule has 2 N–H and O–H groups in total. The summed E-state index contributed by atoms with van der Waals surface area (Å²) in [5, 5.41) is 6.16. The van der Waals surface area contributed by atoms with Gasteiger partial charge in [-0.2, -0.15) is 0 Å². The zero-order valence-electron chi connectivity index (χ0n) is 13.6. The second kappa shape index (κ2) is 7.32. The van der Waals surface area contributed by atoms with Crippen LogP contribution >= 0.6 is 0 Å². The lowest BCUT2D eigenvalue weighted by Gasteiger charge is -2.25. The van der Waals surface area contributed by atoms with E-state index in [1.807, 2.05) is 32.2 Å². The molecule has 0 aliphatic rings. The molecule has 0 aromatic heterocycles. The van der Waals surface area contributed by atoms with E-state index in [2.05, 4.69) is 38.3 Å². The fourth-order valence-corrected chi connectivity index (χ4v) is 2.62. The van der Waals surface area contributed by atoms with Crippen molar-refractivity contribution < 1.29 is 4.79 Å². The molecule has 3 heteroatoms. The Morgan fingerprint density at radius 1 is 1.15 bits per heavy atom. The van der Waals surface area contributed by atoms with Crippen LogP contribution in [0.25, 0.3) is 0 Å². The van der Waals surface area contributed by atoms with Gasteiger partial charge in [-0.15, -0.1) is 0 Å². The van der Waals surface area contributed by atoms with Gasteiger partial charge in [0.05, 0.1) is 0 Å². The summed E-state index contributed by atoms with van der Waals surface area (Å²) in [5.74, 6) is 1.68. The number of anilines is 1. The third kappa shape index (κ3) is 4.26. The largest absolute Gasteiger partial charge is 0.388 e. The van der Waals surface area contributed by atoms with Crippen LogP contribution in [0, 0.1) is 24.7 Å². The van der Waals surface area contributed by atoms with E-state index in [4.69, 9.17) is 0 Å². The minimum absolute atomic E-state index is 0.0245. The zero-order valence-corrected chi connectivity index (χ0v) is 13.6. The van der Waals surface area contributed by atoms with Gasteiger partial charge in [0.2, 0.25) is 0 Å². The first kappa shape index (κ1) is 16.5. The summed E-state index contributed by atoms with van der Waals surface area (Å²) < 4.78 is 0. The molecule has 0 bridgehead atoms. The third-order valence-corrected chi connectivity index (χ3v) is 3.97. The summed E-state index contributed by atoms with van der Waals surface area (Å²) in [6.45, 7) is 11.6. The number of carbonyl (C=O) groups excluding carboxylic acids is 1. The summed E-state index contributed by atoms with van der Waals surface area (Å²) in [4.78, 5) is 12.3. The van der Waals surface area contributed by atoms with Crippen LogP contribution in [0.3, 0.4) is 0 Å². The summed E-state index contributed by atoms with van der Waals surface area (Å²) in [6, 6.07) is 5.82. The molecular weight excluding hydrogens is 248 g/mol. The Kier molecular flexibility index (Phi) is 6.05. The van der Waals surface area contributed by atoms with E-state index in [0.717, 1.165) is 23.4 Å². The molecule has 20 heavy (non-hydrogen) atoms. The van der Waals surface area contributed by atoms with Gasteiger partial charge in [-0.3, -0.25) is 4.79 Å². The standard InChI is InChI=1S/C17H28N2O/c1-11(2)16(12(3)4)10-19-17(20)15-8-7-14(18-6)9-13(15)5/h7-9,11-12,16,18H,10H2,1-6H3,(H,19,20). The highest BCUT2D eigenvalue weighted by atomic mass is 16.1. The minimum Gasteiger partial charge on any atom is -0.388 e. The Hall–Kier alpha value is -1.51. The Labute approximate surface area is 123 Å². The van der Waals surface area contributed by atoms with Crippen molar-refractivity contribution in [1.29, 1.82) is 0 Å². The van der Waals surface area contributed by atoms with Crippen LogP contribution in [-0.4, -0.2) is 19.5 Å². The Morgan fingerprint density at radius 3 is 2.20 bits per heavy atom. The number of aryl methyl sites for hydroxylation is 1. The molecule has 112 valence electrons. The monoisotopic (exact) mass is 276 g/mol. The molecule has 0 radical (unpaired) electrons. The molecule has 1 aromatic carbocycles. The number of carbonyl (C=O) groups is 1. The second-order valence-corrected chi connectivity index (χ2v) is 6.14. The minimum atomic E-state index is 0.0245. The van der Waals surface area contributed by atoms with Crippen LogP contribution in [0.4, 0.5) is 5.69 Å². The van der Waals surface area contributed by atoms with Gasteiger partial charge >= 0.3 is 0 Å². The lowest BCUT2D eigenvalue weighted by atomic mass is 9.85. The molecule has 0 heterocycles. The van der Waals surface area contributed by atoms with E-state index in [1.54, 1.807) is 0 Å². The van der Waals surface area contributed by atoms with Crippen molar-refractivity contribution in [3.05, 3.63) is 29.3 Å². The highest BCUT2D eigenvalue weighted by Crippen LogP contribution is 2.20. The molecule has 0 atom stereocenters. The van der Waals surface area contributed by atoms with Gasteiger partial charge in [-0.1, -0.05) is 27.7 Å². The van der Waals surface area contributed by atoms with E-state index < -0.39 is 0 Å². The number of hydrogen-bond donors (Lipinski definition) is 2. The van der Waals surface area contributed by atoms with Gasteiger partial charge in [-0.05, 0) is 48.4 Å². The average molecular weight is 276 g/mol. The highest BCUT2D eigenvalue weighted by Gasteiger charge is 2.19. The molecule has 0 saturated carbocycles. The molecule has 1 amide bonds. The van der Waals surface area contributed by atoms with E-state index in [9.17, 15) is 4.79 Å². The van der Waals surface area contributed by atoms with Crippen LogP contribution in [0.1, 0.15) is 43.6 Å². The lowest BCUT2D eigenvalue weighted by Crippen LogP contribution is -2.34. The number of hydrogen-bond acceptors (Lipinski definition) is 2. The average Bonchev–Trinajstić information content (AvgIpc) is 2.37. The van der Waals surface area contributed by atoms with Crippen LogP contribution in [0.2, 0.25) is 0 Å². The summed E-state index contributed by atoms with van der Waals surface area (Å²) in [6.07, 6.45) is 0. The van der Waals surface area contributed by atoms with Gasteiger partial charge in [0.25, 0.3) is 5.91 Å². The zero-order chi connectivity index (χ0) is 15.3. The van der Waals surface area contributed by atoms with E-state index in [0.29, 0.717) is 17.8 Å². The van der Waals surface area contributed by atoms with Crippen molar-refractivity contribution >= 4 is 11.6 Å². The van der Waals surface area contributed by atoms with E-state index in [1.165, 1.54) is 0 Å². The molecule has 1 aromatic rings. The first-order valence-electron chi connectivity index (χ1n) is 7.43. The van der Waals surface area contributed by atoms with Crippen LogP contribution < -0.4 is 10.6 Å². The van der Waals surface area contributed by atoms with Crippen molar-refractivity contribution in [2.45, 2.75) is 34.6 Å². The number of amides is 1. The van der Waals surface area contributed by atoms with Crippen LogP contribution in [0.5, 0.6) is 0 Å². The van der Waals surface area contributed by atoms with Gasteiger partial charge in [0.1, 0.15) is 0 Å². The quantitative estimate of drug-likeness (QED) is 0.832. The Bertz CT molecular complexity index is 444. The van der Waals surface area contributed by atoms with Crippen LogP contribution in [0.15, 0.2) is 18.2 Å². The Morgan fingerprint density at radius 2 is 1.75 bits per heavy atom. The molecule has 0 spiro atoms.